The fraction of sp³-hybridized carbons (Fsp3) is 0.240. The molecular formula is C25H23F2N5O2S. The highest BCUT2D eigenvalue weighted by atomic mass is 32.1. The van der Waals surface area contributed by atoms with E-state index in [-0.39, 0.29) is 0 Å². The van der Waals surface area contributed by atoms with Crippen molar-refractivity contribution in [1.29, 1.82) is 0 Å². The van der Waals surface area contributed by atoms with E-state index in [0.717, 1.165) is 61.0 Å². The van der Waals surface area contributed by atoms with E-state index >= 15 is 0 Å². The predicted octanol–water partition coefficient (Wildman–Crippen LogP) is 4.87. The van der Waals surface area contributed by atoms with Crippen molar-refractivity contribution in [3.8, 4) is 5.75 Å². The van der Waals surface area contributed by atoms with Crippen molar-refractivity contribution in [2.75, 3.05) is 48.4 Å². The molecule has 4 aromatic rings. The first kappa shape index (κ1) is 23.0. The van der Waals surface area contributed by atoms with Gasteiger partial charge in [-0.15, -0.1) is 11.3 Å². The summed E-state index contributed by atoms with van der Waals surface area (Å²) >= 11 is 1.19. The summed E-state index contributed by atoms with van der Waals surface area (Å²) in [5, 5.41) is 3.16. The van der Waals surface area contributed by atoms with Gasteiger partial charge < -0.3 is 19.9 Å². The van der Waals surface area contributed by atoms with Gasteiger partial charge in [0.15, 0.2) is 0 Å². The maximum Gasteiger partial charge on any atom is 0.266 e. The summed E-state index contributed by atoms with van der Waals surface area (Å²) in [5.74, 6) is -0.653. The van der Waals surface area contributed by atoms with Gasteiger partial charge in [0.25, 0.3) is 5.91 Å². The number of carbonyl (C=O) groups is 1. The van der Waals surface area contributed by atoms with Gasteiger partial charge in [0.1, 0.15) is 40.0 Å². The Bertz CT molecular complexity index is 1360. The number of halogens is 2. The van der Waals surface area contributed by atoms with Gasteiger partial charge in [0.05, 0.1) is 17.4 Å². The van der Waals surface area contributed by atoms with E-state index in [1.807, 2.05) is 31.2 Å². The zero-order chi connectivity index (χ0) is 24.5. The van der Waals surface area contributed by atoms with Crippen molar-refractivity contribution in [3.63, 3.8) is 0 Å². The summed E-state index contributed by atoms with van der Waals surface area (Å²) < 4.78 is 33.3. The Morgan fingerprint density at radius 3 is 2.31 bits per heavy atom. The lowest BCUT2D eigenvalue weighted by Gasteiger charge is -2.37. The number of piperazine rings is 1. The summed E-state index contributed by atoms with van der Waals surface area (Å²) in [7, 11) is 1.65. The predicted molar refractivity (Wildman–Crippen MR) is 134 cm³/mol. The number of aryl methyl sites for hydroxylation is 1. The van der Waals surface area contributed by atoms with Gasteiger partial charge in [0.2, 0.25) is 0 Å². The molecular weight excluding hydrogens is 472 g/mol. The Balaban J connectivity index is 1.38. The molecule has 0 bridgehead atoms. The van der Waals surface area contributed by atoms with E-state index < -0.39 is 23.2 Å². The van der Waals surface area contributed by atoms with E-state index in [1.165, 1.54) is 23.7 Å². The van der Waals surface area contributed by atoms with Crippen LogP contribution in [0.25, 0.3) is 10.2 Å². The van der Waals surface area contributed by atoms with Crippen molar-refractivity contribution in [2.45, 2.75) is 6.92 Å². The Morgan fingerprint density at radius 1 is 1.00 bits per heavy atom. The van der Waals surface area contributed by atoms with E-state index in [1.54, 1.807) is 7.11 Å². The van der Waals surface area contributed by atoms with Gasteiger partial charge in [-0.05, 0) is 48.9 Å². The number of hydrogen-bond acceptors (Lipinski definition) is 7. The largest absolute Gasteiger partial charge is 0.497 e. The first-order valence-electron chi connectivity index (χ1n) is 11.1. The molecule has 1 saturated heterocycles. The number of rotatable bonds is 5. The second kappa shape index (κ2) is 9.46. The second-order valence-electron chi connectivity index (χ2n) is 8.16. The van der Waals surface area contributed by atoms with Crippen LogP contribution in [0.4, 0.5) is 26.0 Å². The minimum Gasteiger partial charge on any atom is -0.497 e. The summed E-state index contributed by atoms with van der Waals surface area (Å²) in [6.07, 6.45) is 1.49. The summed E-state index contributed by atoms with van der Waals surface area (Å²) in [6, 6.07) is 11.4. The third-order valence-electron chi connectivity index (χ3n) is 6.13. The normalized spacial score (nSPS) is 13.8. The minimum absolute atomic E-state index is 0.348. The highest BCUT2D eigenvalue weighted by Gasteiger charge is 2.25. The number of fused-ring (bicyclic) bond motifs is 1. The van der Waals surface area contributed by atoms with Crippen LogP contribution in [0.1, 0.15) is 15.2 Å². The van der Waals surface area contributed by atoms with E-state index in [9.17, 15) is 13.6 Å². The number of nitrogens with one attached hydrogen (secondary N) is 1. The van der Waals surface area contributed by atoms with Crippen LogP contribution in [-0.4, -0.2) is 49.2 Å². The first-order valence-corrected chi connectivity index (χ1v) is 11.9. The highest BCUT2D eigenvalue weighted by molar-refractivity contribution is 7.20. The molecule has 1 amide bonds. The first-order chi connectivity index (χ1) is 17.0. The lowest BCUT2D eigenvalue weighted by Crippen LogP contribution is -2.46. The molecule has 1 fully saturated rings. The van der Waals surface area contributed by atoms with Crippen LogP contribution < -0.4 is 19.9 Å². The number of methoxy groups -OCH3 is 1. The molecule has 1 aliphatic heterocycles. The Kier molecular flexibility index (Phi) is 6.21. The number of ether oxygens (including phenoxy) is 1. The van der Waals surface area contributed by atoms with E-state index in [2.05, 4.69) is 25.1 Å². The second-order valence-corrected chi connectivity index (χ2v) is 9.16. The van der Waals surface area contributed by atoms with Crippen LogP contribution in [0.5, 0.6) is 5.75 Å². The van der Waals surface area contributed by atoms with Crippen molar-refractivity contribution >= 4 is 44.7 Å². The Hall–Kier alpha value is -3.79. The maximum absolute atomic E-state index is 14.0. The van der Waals surface area contributed by atoms with Crippen molar-refractivity contribution in [2.24, 2.45) is 0 Å². The Morgan fingerprint density at radius 2 is 1.66 bits per heavy atom. The molecule has 35 heavy (non-hydrogen) atoms. The van der Waals surface area contributed by atoms with Crippen LogP contribution in [0.15, 0.2) is 48.8 Å². The zero-order valence-corrected chi connectivity index (χ0v) is 20.0. The molecule has 180 valence electrons. The molecule has 2 aromatic heterocycles. The molecule has 5 rings (SSSR count). The Labute approximate surface area is 205 Å². The molecule has 0 aliphatic carbocycles. The molecule has 1 aliphatic rings. The standard InChI is InChI=1S/C25H23F2N5O2S/c1-15-20-23(32-12-10-31(11-13-32)16-6-8-17(34-2)9-7-16)28-14-29-25(20)35-22(15)24(33)30-21-18(26)4-3-5-19(21)27/h3-9,14H,10-13H2,1-2H3,(H,30,33). The van der Waals surface area contributed by atoms with E-state index in [0.29, 0.717) is 15.3 Å². The number of aromatic nitrogens is 2. The molecule has 0 atom stereocenters. The number of benzene rings is 2. The number of carbonyl (C=O) groups excluding carboxylic acids is 1. The monoisotopic (exact) mass is 495 g/mol. The van der Waals surface area contributed by atoms with Gasteiger partial charge in [-0.1, -0.05) is 6.07 Å². The molecule has 10 heteroatoms. The van der Waals surface area contributed by atoms with Crippen LogP contribution in [0.2, 0.25) is 0 Å². The molecule has 0 saturated carbocycles. The summed E-state index contributed by atoms with van der Waals surface area (Å²) in [4.78, 5) is 27.3. The quantitative estimate of drug-likeness (QED) is 0.426. The summed E-state index contributed by atoms with van der Waals surface area (Å²) in [6.45, 7) is 4.92. The molecule has 0 unspecified atom stereocenters. The average Bonchev–Trinajstić information content (AvgIpc) is 3.23. The molecule has 7 nitrogen and oxygen atoms in total. The smallest absolute Gasteiger partial charge is 0.266 e. The molecule has 0 spiro atoms. The number of para-hydroxylation sites is 1. The molecule has 0 radical (unpaired) electrons. The number of nitrogens with zero attached hydrogens (tertiary/aromatic N) is 4. The maximum atomic E-state index is 14.0. The lowest BCUT2D eigenvalue weighted by molar-refractivity contribution is 0.102. The molecule has 1 N–H and O–H groups in total. The number of anilines is 3. The van der Waals surface area contributed by atoms with Crippen molar-refractivity contribution < 1.29 is 18.3 Å². The zero-order valence-electron chi connectivity index (χ0n) is 19.2. The van der Waals surface area contributed by atoms with E-state index in [4.69, 9.17) is 4.74 Å². The SMILES string of the molecule is COc1ccc(N2CCN(c3ncnc4sc(C(=O)Nc5c(F)cccc5F)c(C)c34)CC2)cc1. The summed E-state index contributed by atoms with van der Waals surface area (Å²) in [5.41, 5.74) is 1.35. The highest BCUT2D eigenvalue weighted by Crippen LogP contribution is 2.36. The number of thiophene rings is 1. The topological polar surface area (TPSA) is 70.6 Å². The molecule has 2 aromatic carbocycles. The third kappa shape index (κ3) is 4.37. The fourth-order valence-corrected chi connectivity index (χ4v) is 5.30. The van der Waals surface area contributed by atoms with Crippen LogP contribution in [-0.2, 0) is 0 Å². The van der Waals surface area contributed by atoms with Gasteiger partial charge in [-0.3, -0.25) is 4.79 Å². The third-order valence-corrected chi connectivity index (χ3v) is 7.33. The van der Waals surface area contributed by atoms with Crippen LogP contribution in [0.3, 0.4) is 0 Å². The van der Waals surface area contributed by atoms with Crippen molar-refractivity contribution in [1.82, 2.24) is 9.97 Å². The van der Waals surface area contributed by atoms with Gasteiger partial charge >= 0.3 is 0 Å². The molecule has 3 heterocycles. The number of amides is 1. The van der Waals surface area contributed by atoms with Gasteiger partial charge in [-0.2, -0.15) is 0 Å². The number of hydrogen-bond donors (Lipinski definition) is 1. The lowest BCUT2D eigenvalue weighted by atomic mass is 10.1. The average molecular weight is 496 g/mol. The van der Waals surface area contributed by atoms with Crippen molar-refractivity contribution in [3.05, 3.63) is 70.9 Å². The van der Waals surface area contributed by atoms with Gasteiger partial charge in [-0.25, -0.2) is 18.7 Å². The van der Waals surface area contributed by atoms with Crippen LogP contribution >= 0.6 is 11.3 Å². The fourth-order valence-electron chi connectivity index (χ4n) is 4.27. The van der Waals surface area contributed by atoms with Gasteiger partial charge in [0, 0.05) is 31.9 Å². The van der Waals surface area contributed by atoms with Crippen LogP contribution in [0, 0.1) is 18.6 Å². The minimum atomic E-state index is -0.827.